The molecule has 0 fully saturated rings. The first-order valence-electron chi connectivity index (χ1n) is 6.17. The van der Waals surface area contributed by atoms with Crippen molar-refractivity contribution in [2.75, 3.05) is 14.2 Å². The molecule has 0 atom stereocenters. The molecular formula is C13H14N4O5. The summed E-state index contributed by atoms with van der Waals surface area (Å²) in [6, 6.07) is 0. The van der Waals surface area contributed by atoms with Crippen LogP contribution in [0.15, 0.2) is 21.9 Å². The highest BCUT2D eigenvalue weighted by atomic mass is 16.5. The van der Waals surface area contributed by atoms with Gasteiger partial charge in [-0.25, -0.2) is 19.6 Å². The lowest BCUT2D eigenvalue weighted by Crippen LogP contribution is -2.37. The van der Waals surface area contributed by atoms with Crippen LogP contribution >= 0.6 is 0 Å². The van der Waals surface area contributed by atoms with E-state index in [-0.39, 0.29) is 22.6 Å². The fourth-order valence-corrected chi connectivity index (χ4v) is 1.86. The van der Waals surface area contributed by atoms with Crippen molar-refractivity contribution >= 4 is 22.9 Å². The molecule has 0 N–H and O–H groups in total. The van der Waals surface area contributed by atoms with E-state index in [0.29, 0.717) is 0 Å². The molecule has 9 nitrogen and oxygen atoms in total. The topological polar surface area (TPSA) is 105 Å². The van der Waals surface area contributed by atoms with Gasteiger partial charge in [0.1, 0.15) is 5.69 Å². The predicted molar refractivity (Wildman–Crippen MR) is 77.0 cm³/mol. The molecule has 0 aliphatic carbocycles. The Morgan fingerprint density at radius 3 is 2.45 bits per heavy atom. The van der Waals surface area contributed by atoms with Crippen molar-refractivity contribution in [2.45, 2.75) is 0 Å². The molecule has 0 saturated heterocycles. The second-order valence-electron chi connectivity index (χ2n) is 4.37. The van der Waals surface area contributed by atoms with Crippen LogP contribution in [0.5, 0.6) is 0 Å². The lowest BCUT2D eigenvalue weighted by molar-refractivity contribution is -0.134. The highest BCUT2D eigenvalue weighted by molar-refractivity contribution is 5.89. The van der Waals surface area contributed by atoms with Crippen molar-refractivity contribution in [1.82, 2.24) is 19.1 Å². The van der Waals surface area contributed by atoms with Crippen LogP contribution in [0.2, 0.25) is 0 Å². The number of esters is 1. The lowest BCUT2D eigenvalue weighted by atomic mass is 10.3. The van der Waals surface area contributed by atoms with Crippen LogP contribution in [-0.2, 0) is 28.4 Å². The number of rotatable bonds is 3. The third-order valence-electron chi connectivity index (χ3n) is 3.07. The number of aromatic nitrogens is 4. The van der Waals surface area contributed by atoms with Gasteiger partial charge in [-0.05, 0) is 0 Å². The Hall–Kier alpha value is -2.97. The van der Waals surface area contributed by atoms with E-state index >= 15 is 0 Å². The monoisotopic (exact) mass is 306 g/mol. The molecule has 0 aliphatic heterocycles. The number of methoxy groups -OCH3 is 2. The molecule has 0 aliphatic rings. The summed E-state index contributed by atoms with van der Waals surface area (Å²) in [7, 11) is 5.41. The maximum atomic E-state index is 12.1. The molecule has 116 valence electrons. The highest BCUT2D eigenvalue weighted by Crippen LogP contribution is 2.13. The van der Waals surface area contributed by atoms with E-state index in [1.54, 1.807) is 0 Å². The highest BCUT2D eigenvalue weighted by Gasteiger charge is 2.14. The third kappa shape index (κ3) is 2.48. The molecule has 2 aromatic heterocycles. The quantitative estimate of drug-likeness (QED) is 0.415. The van der Waals surface area contributed by atoms with Crippen molar-refractivity contribution in [3.8, 4) is 0 Å². The Balaban J connectivity index is 2.75. The predicted octanol–water partition coefficient (Wildman–Crippen LogP) is -0.812. The van der Waals surface area contributed by atoms with Crippen LogP contribution in [0.4, 0.5) is 0 Å². The summed E-state index contributed by atoms with van der Waals surface area (Å²) in [5, 5.41) is 0. The summed E-state index contributed by atoms with van der Waals surface area (Å²) < 4.78 is 11.7. The summed E-state index contributed by atoms with van der Waals surface area (Å²) in [5.74, 6) is -0.538. The van der Waals surface area contributed by atoms with E-state index in [0.717, 1.165) is 10.6 Å². The number of hydrogen-bond donors (Lipinski definition) is 0. The second kappa shape index (κ2) is 5.80. The number of nitrogens with zero attached hydrogens (tertiary/aromatic N) is 4. The first-order chi connectivity index (χ1) is 10.4. The van der Waals surface area contributed by atoms with Crippen molar-refractivity contribution in [2.24, 2.45) is 14.1 Å². The second-order valence-corrected chi connectivity index (χ2v) is 4.37. The minimum Gasteiger partial charge on any atom is -0.494 e. The molecule has 0 spiro atoms. The van der Waals surface area contributed by atoms with Crippen molar-refractivity contribution in [1.29, 1.82) is 0 Å². The molecule has 0 amide bonds. The summed E-state index contributed by atoms with van der Waals surface area (Å²) in [4.78, 5) is 43.5. The van der Waals surface area contributed by atoms with Gasteiger partial charge >= 0.3 is 11.7 Å². The van der Waals surface area contributed by atoms with Crippen LogP contribution < -0.4 is 11.2 Å². The smallest absolute Gasteiger partial charge is 0.334 e. The molecular weight excluding hydrogens is 292 g/mol. The molecule has 22 heavy (non-hydrogen) atoms. The van der Waals surface area contributed by atoms with Crippen LogP contribution in [0.3, 0.4) is 0 Å². The summed E-state index contributed by atoms with van der Waals surface area (Å²) in [5.41, 5.74) is -0.769. The number of carbonyl (C=O) groups excluding carboxylic acids is 1. The molecule has 2 aromatic rings. The Labute approximate surface area is 124 Å². The van der Waals surface area contributed by atoms with Gasteiger partial charge in [-0.3, -0.25) is 13.9 Å². The van der Waals surface area contributed by atoms with Gasteiger partial charge in [-0.1, -0.05) is 0 Å². The lowest BCUT2D eigenvalue weighted by Gasteiger charge is -2.08. The first kappa shape index (κ1) is 15.4. The number of hydrogen-bond acceptors (Lipinski definition) is 7. The molecule has 2 heterocycles. The number of carbonyl (C=O) groups is 1. The van der Waals surface area contributed by atoms with E-state index in [2.05, 4.69) is 14.7 Å². The van der Waals surface area contributed by atoms with Gasteiger partial charge in [-0.15, -0.1) is 0 Å². The Bertz CT molecular complexity index is 894. The Morgan fingerprint density at radius 2 is 1.86 bits per heavy atom. The van der Waals surface area contributed by atoms with Gasteiger partial charge in [-0.2, -0.15) is 0 Å². The zero-order chi connectivity index (χ0) is 16.4. The van der Waals surface area contributed by atoms with E-state index < -0.39 is 17.2 Å². The van der Waals surface area contributed by atoms with E-state index in [1.165, 1.54) is 39.1 Å². The SMILES string of the molecule is COC(=O)/C=C(\OC)c1cnc2c(n1)c(=O)n(C)c(=O)n2C. The minimum atomic E-state index is -0.632. The maximum absolute atomic E-state index is 12.1. The Morgan fingerprint density at radius 1 is 1.18 bits per heavy atom. The molecule has 2 rings (SSSR count). The van der Waals surface area contributed by atoms with Gasteiger partial charge in [0.05, 0.1) is 26.5 Å². The largest absolute Gasteiger partial charge is 0.494 e. The van der Waals surface area contributed by atoms with E-state index in [9.17, 15) is 14.4 Å². The number of fused-ring (bicyclic) bond motifs is 1. The van der Waals surface area contributed by atoms with Gasteiger partial charge in [0.15, 0.2) is 16.9 Å². The zero-order valence-electron chi connectivity index (χ0n) is 12.5. The fraction of sp³-hybridized carbons (Fsp3) is 0.308. The average molecular weight is 306 g/mol. The number of aryl methyl sites for hydroxylation is 1. The molecule has 0 saturated carbocycles. The fourth-order valence-electron chi connectivity index (χ4n) is 1.86. The average Bonchev–Trinajstić information content (AvgIpc) is 2.55. The molecule has 0 radical (unpaired) electrons. The summed E-state index contributed by atoms with van der Waals surface area (Å²) >= 11 is 0. The molecule has 0 bridgehead atoms. The van der Waals surface area contributed by atoms with Gasteiger partial charge < -0.3 is 9.47 Å². The van der Waals surface area contributed by atoms with Crippen LogP contribution in [-0.4, -0.2) is 39.3 Å². The van der Waals surface area contributed by atoms with E-state index in [1.807, 2.05) is 0 Å². The maximum Gasteiger partial charge on any atom is 0.334 e. The third-order valence-corrected chi connectivity index (χ3v) is 3.07. The van der Waals surface area contributed by atoms with Crippen LogP contribution in [0.1, 0.15) is 5.69 Å². The first-order valence-corrected chi connectivity index (χ1v) is 6.17. The van der Waals surface area contributed by atoms with Gasteiger partial charge in [0.2, 0.25) is 0 Å². The summed E-state index contributed by atoms with van der Waals surface area (Å²) in [6.45, 7) is 0. The Kier molecular flexibility index (Phi) is 4.06. The van der Waals surface area contributed by atoms with Crippen LogP contribution in [0.25, 0.3) is 16.9 Å². The molecule has 0 aromatic carbocycles. The molecule has 9 heteroatoms. The standard InChI is InChI=1S/C13H14N4O5/c1-16-11-10(12(19)17(2)13(16)20)15-7(6-14-11)8(21-3)5-9(18)22-4/h5-6H,1-4H3/b8-5-. The van der Waals surface area contributed by atoms with Crippen molar-refractivity contribution in [3.63, 3.8) is 0 Å². The van der Waals surface area contributed by atoms with Gasteiger partial charge in [0, 0.05) is 14.1 Å². The minimum absolute atomic E-state index is 0.00471. The molecule has 0 unspecified atom stereocenters. The summed E-state index contributed by atoms with van der Waals surface area (Å²) in [6.07, 6.45) is 2.39. The van der Waals surface area contributed by atoms with Crippen LogP contribution in [0, 0.1) is 0 Å². The number of ether oxygens (including phenoxy) is 2. The normalized spacial score (nSPS) is 11.5. The van der Waals surface area contributed by atoms with Crippen molar-refractivity contribution < 1.29 is 14.3 Å². The zero-order valence-corrected chi connectivity index (χ0v) is 12.5. The van der Waals surface area contributed by atoms with Gasteiger partial charge in [0.25, 0.3) is 5.56 Å². The van der Waals surface area contributed by atoms with E-state index in [4.69, 9.17) is 4.74 Å². The van der Waals surface area contributed by atoms with Crippen molar-refractivity contribution in [3.05, 3.63) is 38.8 Å².